The highest BCUT2D eigenvalue weighted by atomic mass is 79.9. The molecule has 1 aliphatic heterocycles. The summed E-state index contributed by atoms with van der Waals surface area (Å²) in [6, 6.07) is 8.02. The Morgan fingerprint density at radius 2 is 2.10 bits per heavy atom. The van der Waals surface area contributed by atoms with Crippen molar-refractivity contribution in [2.24, 2.45) is 0 Å². The Bertz CT molecular complexity index is 1060. The van der Waals surface area contributed by atoms with Crippen LogP contribution in [-0.2, 0) is 17.8 Å². The molecule has 6 nitrogen and oxygen atoms in total. The highest BCUT2D eigenvalue weighted by Gasteiger charge is 2.25. The minimum atomic E-state index is 0.0641. The molecule has 29 heavy (non-hydrogen) atoms. The van der Waals surface area contributed by atoms with Gasteiger partial charge in [0.25, 0.3) is 0 Å². The van der Waals surface area contributed by atoms with Crippen molar-refractivity contribution in [2.75, 3.05) is 32.5 Å². The highest BCUT2D eigenvalue weighted by Crippen LogP contribution is 2.38. The monoisotopic (exact) mass is 471 g/mol. The summed E-state index contributed by atoms with van der Waals surface area (Å²) < 4.78 is 1.04. The number of anilines is 2. The molecule has 2 aromatic heterocycles. The number of nitrogens with one attached hydrogen (secondary N) is 1. The van der Waals surface area contributed by atoms with E-state index in [0.29, 0.717) is 13.1 Å². The van der Waals surface area contributed by atoms with Gasteiger partial charge in [-0.15, -0.1) is 11.3 Å². The standard InChI is InChI=1S/C21H22BrN5OS/c1-26(2)10-3-4-18(28)27-11-9-16-17(12-27)29-21-19(16)20(23-13-24-21)25-15-7-5-14(22)6-8-15/h3-8,13H,9-12H2,1-2H3,(H,23,24,25)/b4-3+. The fourth-order valence-corrected chi connectivity index (χ4v) is 4.82. The summed E-state index contributed by atoms with van der Waals surface area (Å²) in [6.45, 7) is 2.09. The van der Waals surface area contributed by atoms with E-state index in [1.807, 2.05) is 54.2 Å². The van der Waals surface area contributed by atoms with Gasteiger partial charge in [-0.2, -0.15) is 0 Å². The van der Waals surface area contributed by atoms with Gasteiger partial charge in [-0.1, -0.05) is 22.0 Å². The first-order valence-electron chi connectivity index (χ1n) is 9.39. The van der Waals surface area contributed by atoms with Crippen molar-refractivity contribution in [1.82, 2.24) is 19.8 Å². The van der Waals surface area contributed by atoms with Crippen LogP contribution in [0, 0.1) is 0 Å². The summed E-state index contributed by atoms with van der Waals surface area (Å²) in [5, 5.41) is 4.50. The van der Waals surface area contributed by atoms with Gasteiger partial charge in [-0.25, -0.2) is 9.97 Å². The van der Waals surface area contributed by atoms with Crippen molar-refractivity contribution in [3.8, 4) is 0 Å². The van der Waals surface area contributed by atoms with E-state index in [0.717, 1.165) is 39.2 Å². The predicted molar refractivity (Wildman–Crippen MR) is 122 cm³/mol. The Kier molecular flexibility index (Phi) is 5.94. The Hall–Kier alpha value is -2.29. The maximum atomic E-state index is 12.5. The lowest BCUT2D eigenvalue weighted by molar-refractivity contribution is -0.126. The van der Waals surface area contributed by atoms with Crippen LogP contribution in [0.5, 0.6) is 0 Å². The van der Waals surface area contributed by atoms with Gasteiger partial charge in [0, 0.05) is 34.2 Å². The lowest BCUT2D eigenvalue weighted by Gasteiger charge is -2.26. The van der Waals surface area contributed by atoms with Crippen molar-refractivity contribution in [3.05, 3.63) is 57.7 Å². The first-order valence-corrected chi connectivity index (χ1v) is 11.0. The van der Waals surface area contributed by atoms with Gasteiger partial charge in [0.1, 0.15) is 17.0 Å². The molecule has 1 N–H and O–H groups in total. The number of benzene rings is 1. The molecular formula is C21H22BrN5OS. The van der Waals surface area contributed by atoms with Gasteiger partial charge < -0.3 is 15.1 Å². The number of fused-ring (bicyclic) bond motifs is 3. The van der Waals surface area contributed by atoms with Gasteiger partial charge in [0.15, 0.2) is 0 Å². The quantitative estimate of drug-likeness (QED) is 0.564. The zero-order valence-electron chi connectivity index (χ0n) is 16.4. The van der Waals surface area contributed by atoms with Crippen molar-refractivity contribution in [3.63, 3.8) is 0 Å². The van der Waals surface area contributed by atoms with Gasteiger partial charge in [0.2, 0.25) is 5.91 Å². The molecule has 0 unspecified atom stereocenters. The van der Waals surface area contributed by atoms with E-state index >= 15 is 0 Å². The number of hydrogen-bond donors (Lipinski definition) is 1. The van der Waals surface area contributed by atoms with E-state index in [1.54, 1.807) is 23.7 Å². The normalized spacial score (nSPS) is 14.0. The average Bonchev–Trinajstić information content (AvgIpc) is 3.08. The SMILES string of the molecule is CN(C)C/C=C/C(=O)N1CCc2c(sc3ncnc(Nc4ccc(Br)cc4)c23)C1. The summed E-state index contributed by atoms with van der Waals surface area (Å²) in [7, 11) is 3.97. The third-order valence-corrected chi connectivity index (χ3v) is 6.44. The molecule has 0 radical (unpaired) electrons. The van der Waals surface area contributed by atoms with E-state index in [-0.39, 0.29) is 5.91 Å². The number of carbonyl (C=O) groups excluding carboxylic acids is 1. The van der Waals surface area contributed by atoms with E-state index in [9.17, 15) is 4.79 Å². The molecule has 0 saturated carbocycles. The van der Waals surface area contributed by atoms with Crippen LogP contribution in [0.4, 0.5) is 11.5 Å². The minimum Gasteiger partial charge on any atom is -0.340 e. The second-order valence-corrected chi connectivity index (χ2v) is 9.21. The van der Waals surface area contributed by atoms with Crippen LogP contribution in [0.3, 0.4) is 0 Å². The number of halogens is 1. The molecule has 1 amide bonds. The number of likely N-dealkylation sites (N-methyl/N-ethyl adjacent to an activating group) is 1. The molecule has 3 heterocycles. The molecule has 0 atom stereocenters. The second kappa shape index (κ2) is 8.61. The third-order valence-electron chi connectivity index (χ3n) is 4.79. The Labute approximate surface area is 182 Å². The van der Waals surface area contributed by atoms with E-state index in [2.05, 4.69) is 31.2 Å². The lowest BCUT2D eigenvalue weighted by atomic mass is 10.0. The zero-order chi connectivity index (χ0) is 20.4. The molecular weight excluding hydrogens is 450 g/mol. The summed E-state index contributed by atoms with van der Waals surface area (Å²) >= 11 is 5.11. The third kappa shape index (κ3) is 4.49. The van der Waals surface area contributed by atoms with Crippen LogP contribution in [0.25, 0.3) is 10.2 Å². The zero-order valence-corrected chi connectivity index (χ0v) is 18.8. The Balaban J connectivity index is 1.58. The number of nitrogens with zero attached hydrogens (tertiary/aromatic N) is 4. The smallest absolute Gasteiger partial charge is 0.246 e. The fraction of sp³-hybridized carbons (Fsp3) is 0.286. The van der Waals surface area contributed by atoms with Gasteiger partial charge in [-0.3, -0.25) is 4.79 Å². The van der Waals surface area contributed by atoms with Crippen LogP contribution < -0.4 is 5.32 Å². The number of amides is 1. The number of hydrogen-bond acceptors (Lipinski definition) is 6. The fourth-order valence-electron chi connectivity index (χ4n) is 3.35. The van der Waals surface area contributed by atoms with E-state index < -0.39 is 0 Å². The first-order chi connectivity index (χ1) is 14.0. The largest absolute Gasteiger partial charge is 0.340 e. The van der Waals surface area contributed by atoms with Gasteiger partial charge >= 0.3 is 0 Å². The summed E-state index contributed by atoms with van der Waals surface area (Å²) in [5.74, 6) is 0.884. The maximum absolute atomic E-state index is 12.5. The Morgan fingerprint density at radius 3 is 2.86 bits per heavy atom. The van der Waals surface area contributed by atoms with Crippen molar-refractivity contribution < 1.29 is 4.79 Å². The molecule has 0 spiro atoms. The molecule has 0 bridgehead atoms. The molecule has 0 saturated heterocycles. The lowest BCUT2D eigenvalue weighted by Crippen LogP contribution is -2.34. The first kappa shape index (κ1) is 20.0. The second-order valence-electron chi connectivity index (χ2n) is 7.21. The molecule has 3 aromatic rings. The Morgan fingerprint density at radius 1 is 1.31 bits per heavy atom. The number of thiophene rings is 1. The van der Waals surface area contributed by atoms with E-state index in [4.69, 9.17) is 0 Å². The van der Waals surface area contributed by atoms with Gasteiger partial charge in [0.05, 0.1) is 11.9 Å². The number of carbonyl (C=O) groups is 1. The molecule has 0 aliphatic carbocycles. The van der Waals surface area contributed by atoms with Crippen LogP contribution in [-0.4, -0.2) is 52.9 Å². The summed E-state index contributed by atoms with van der Waals surface area (Å²) in [5.41, 5.74) is 2.23. The predicted octanol–water partition coefficient (Wildman–Crippen LogP) is 4.20. The average molecular weight is 472 g/mol. The number of rotatable bonds is 5. The highest BCUT2D eigenvalue weighted by molar-refractivity contribution is 9.10. The van der Waals surface area contributed by atoms with Crippen LogP contribution in [0.15, 0.2) is 47.2 Å². The van der Waals surface area contributed by atoms with Crippen LogP contribution in [0.2, 0.25) is 0 Å². The van der Waals surface area contributed by atoms with Crippen molar-refractivity contribution >= 4 is 54.9 Å². The molecule has 4 rings (SSSR count). The molecule has 0 fully saturated rings. The van der Waals surface area contributed by atoms with Gasteiger partial charge in [-0.05, 0) is 50.3 Å². The molecule has 8 heteroatoms. The van der Waals surface area contributed by atoms with Crippen molar-refractivity contribution in [1.29, 1.82) is 0 Å². The maximum Gasteiger partial charge on any atom is 0.246 e. The van der Waals surface area contributed by atoms with Crippen LogP contribution >= 0.6 is 27.3 Å². The van der Waals surface area contributed by atoms with Crippen LogP contribution in [0.1, 0.15) is 10.4 Å². The number of aromatic nitrogens is 2. The molecule has 150 valence electrons. The summed E-state index contributed by atoms with van der Waals surface area (Å²) in [4.78, 5) is 27.6. The topological polar surface area (TPSA) is 61.4 Å². The summed E-state index contributed by atoms with van der Waals surface area (Å²) in [6.07, 6.45) is 6.00. The minimum absolute atomic E-state index is 0.0641. The van der Waals surface area contributed by atoms with Crippen molar-refractivity contribution in [2.45, 2.75) is 13.0 Å². The molecule has 1 aromatic carbocycles. The van der Waals surface area contributed by atoms with E-state index in [1.165, 1.54) is 10.4 Å². The molecule has 1 aliphatic rings.